The molecule has 1 N–H and O–H groups in total. The molecule has 1 fully saturated rings. The molecule has 0 spiro atoms. The Hall–Kier alpha value is -0.410. The number of nitrogens with one attached hydrogen (secondary N) is 1. The molecule has 0 amide bonds. The van der Waals surface area contributed by atoms with Gasteiger partial charge in [0.15, 0.2) is 0 Å². The maximum Gasteiger partial charge on any atom is 0.0900 e. The van der Waals surface area contributed by atoms with Crippen molar-refractivity contribution < 1.29 is 0 Å². The second-order valence-electron chi connectivity index (χ2n) is 8.18. The van der Waals surface area contributed by atoms with Crippen molar-refractivity contribution in [2.75, 3.05) is 0 Å². The van der Waals surface area contributed by atoms with Crippen molar-refractivity contribution >= 4 is 11.3 Å². The van der Waals surface area contributed by atoms with E-state index in [1.807, 2.05) is 11.3 Å². The topological polar surface area (TPSA) is 24.9 Å². The number of aromatic nitrogens is 1. The predicted molar refractivity (Wildman–Crippen MR) is 88.3 cm³/mol. The highest BCUT2D eigenvalue weighted by Crippen LogP contribution is 2.46. The van der Waals surface area contributed by atoms with E-state index >= 15 is 0 Å². The lowest BCUT2D eigenvalue weighted by Gasteiger charge is -2.46. The Morgan fingerprint density at radius 3 is 2.15 bits per heavy atom. The van der Waals surface area contributed by atoms with E-state index in [9.17, 15) is 0 Å². The molecule has 0 bridgehead atoms. The SMILES string of the molecule is Cc1nc(C)c(C(C)NC2CC(C)(C)CC(C)(C)C2)s1. The maximum absolute atomic E-state index is 4.56. The summed E-state index contributed by atoms with van der Waals surface area (Å²) in [5, 5.41) is 5.05. The molecule has 1 saturated carbocycles. The molecule has 3 heteroatoms. The number of rotatable bonds is 3. The fourth-order valence-electron chi connectivity index (χ4n) is 4.34. The molecule has 0 radical (unpaired) electrons. The third-order valence-electron chi connectivity index (χ3n) is 4.37. The van der Waals surface area contributed by atoms with Crippen molar-refractivity contribution in [1.82, 2.24) is 10.3 Å². The lowest BCUT2D eigenvalue weighted by Crippen LogP contribution is -2.44. The van der Waals surface area contributed by atoms with Crippen LogP contribution >= 0.6 is 11.3 Å². The van der Waals surface area contributed by atoms with Gasteiger partial charge in [-0.3, -0.25) is 0 Å². The zero-order valence-electron chi connectivity index (χ0n) is 14.1. The summed E-state index contributed by atoms with van der Waals surface area (Å²) in [7, 11) is 0. The summed E-state index contributed by atoms with van der Waals surface area (Å²) in [5.74, 6) is 0. The van der Waals surface area contributed by atoms with Gasteiger partial charge in [-0.05, 0) is 50.9 Å². The van der Waals surface area contributed by atoms with Crippen LogP contribution in [0, 0.1) is 24.7 Å². The van der Waals surface area contributed by atoms with E-state index in [0.717, 1.165) is 0 Å². The first kappa shape index (κ1) is 16.0. The minimum absolute atomic E-state index is 0.413. The fraction of sp³-hybridized carbons (Fsp3) is 0.824. The molecule has 1 aromatic rings. The van der Waals surface area contributed by atoms with Crippen LogP contribution < -0.4 is 5.32 Å². The van der Waals surface area contributed by atoms with Gasteiger partial charge in [0.2, 0.25) is 0 Å². The van der Waals surface area contributed by atoms with Crippen LogP contribution in [0.5, 0.6) is 0 Å². The molecule has 1 unspecified atom stereocenters. The van der Waals surface area contributed by atoms with Crippen molar-refractivity contribution in [3.05, 3.63) is 15.6 Å². The Morgan fingerprint density at radius 1 is 1.15 bits per heavy atom. The molecule has 114 valence electrons. The lowest BCUT2D eigenvalue weighted by molar-refractivity contribution is 0.0812. The molecule has 2 rings (SSSR count). The van der Waals surface area contributed by atoms with E-state index in [4.69, 9.17) is 0 Å². The first-order valence-corrected chi connectivity index (χ1v) is 8.60. The smallest absolute Gasteiger partial charge is 0.0900 e. The monoisotopic (exact) mass is 294 g/mol. The lowest BCUT2D eigenvalue weighted by atomic mass is 9.63. The second kappa shape index (κ2) is 5.42. The van der Waals surface area contributed by atoms with E-state index in [0.29, 0.717) is 22.9 Å². The van der Waals surface area contributed by atoms with Crippen molar-refractivity contribution in [2.45, 2.75) is 79.8 Å². The minimum atomic E-state index is 0.413. The highest BCUT2D eigenvalue weighted by atomic mass is 32.1. The van der Waals surface area contributed by atoms with Gasteiger partial charge in [0.05, 0.1) is 10.7 Å². The maximum atomic E-state index is 4.56. The van der Waals surface area contributed by atoms with Gasteiger partial charge < -0.3 is 5.32 Å². The van der Waals surface area contributed by atoms with Gasteiger partial charge in [0.1, 0.15) is 0 Å². The molecule has 0 saturated heterocycles. The number of aryl methyl sites for hydroxylation is 2. The van der Waals surface area contributed by atoms with Gasteiger partial charge in [-0.25, -0.2) is 4.98 Å². The summed E-state index contributed by atoms with van der Waals surface area (Å²) in [5.41, 5.74) is 2.08. The van der Waals surface area contributed by atoms with Crippen LogP contribution in [0.3, 0.4) is 0 Å². The molecule has 1 aliphatic carbocycles. The molecule has 0 aliphatic heterocycles. The van der Waals surface area contributed by atoms with Gasteiger partial charge in [-0.1, -0.05) is 27.7 Å². The van der Waals surface area contributed by atoms with Crippen LogP contribution in [0.2, 0.25) is 0 Å². The van der Waals surface area contributed by atoms with Crippen LogP contribution in [0.25, 0.3) is 0 Å². The van der Waals surface area contributed by atoms with E-state index in [-0.39, 0.29) is 0 Å². The summed E-state index contributed by atoms with van der Waals surface area (Å²) < 4.78 is 0. The zero-order valence-corrected chi connectivity index (χ0v) is 14.9. The highest BCUT2D eigenvalue weighted by Gasteiger charge is 2.38. The second-order valence-corrected chi connectivity index (χ2v) is 9.42. The molecule has 1 aliphatic rings. The molecule has 2 nitrogen and oxygen atoms in total. The van der Waals surface area contributed by atoms with E-state index in [1.165, 1.54) is 34.8 Å². The zero-order chi connectivity index (χ0) is 15.1. The predicted octanol–water partition coefficient (Wildman–Crippen LogP) is 5.02. The first-order valence-electron chi connectivity index (χ1n) is 7.78. The van der Waals surface area contributed by atoms with Gasteiger partial charge in [-0.2, -0.15) is 0 Å². The van der Waals surface area contributed by atoms with Gasteiger partial charge in [0, 0.05) is 17.0 Å². The Morgan fingerprint density at radius 2 is 1.70 bits per heavy atom. The molecule has 1 heterocycles. The largest absolute Gasteiger partial charge is 0.307 e. The third kappa shape index (κ3) is 3.82. The summed E-state index contributed by atoms with van der Waals surface area (Å²) in [6.45, 7) is 16.2. The Kier molecular flexibility index (Phi) is 4.32. The average molecular weight is 295 g/mol. The molecular weight excluding hydrogens is 264 g/mol. The standard InChI is InChI=1S/C17H30N2S/c1-11-15(20-13(3)18-11)12(2)19-14-8-16(4,5)10-17(6,7)9-14/h12,14,19H,8-10H2,1-7H3. The molecule has 20 heavy (non-hydrogen) atoms. The fourth-order valence-corrected chi connectivity index (χ4v) is 5.28. The van der Waals surface area contributed by atoms with Crippen molar-refractivity contribution in [3.63, 3.8) is 0 Å². The highest BCUT2D eigenvalue weighted by molar-refractivity contribution is 7.11. The van der Waals surface area contributed by atoms with Crippen LogP contribution in [0.4, 0.5) is 0 Å². The number of thiazole rings is 1. The van der Waals surface area contributed by atoms with E-state index < -0.39 is 0 Å². The van der Waals surface area contributed by atoms with Crippen LogP contribution in [0.1, 0.15) is 75.5 Å². The van der Waals surface area contributed by atoms with E-state index in [1.54, 1.807) is 0 Å². The van der Waals surface area contributed by atoms with Crippen molar-refractivity contribution in [2.24, 2.45) is 10.8 Å². The van der Waals surface area contributed by atoms with Crippen LogP contribution in [-0.2, 0) is 0 Å². The Balaban J connectivity index is 2.07. The first-order chi connectivity index (χ1) is 9.08. The van der Waals surface area contributed by atoms with E-state index in [2.05, 4.69) is 58.8 Å². The minimum Gasteiger partial charge on any atom is -0.307 e. The normalized spacial score (nSPS) is 23.8. The van der Waals surface area contributed by atoms with Crippen molar-refractivity contribution in [1.29, 1.82) is 0 Å². The summed E-state index contributed by atoms with van der Waals surface area (Å²) in [4.78, 5) is 5.97. The van der Waals surface area contributed by atoms with Gasteiger partial charge >= 0.3 is 0 Å². The Labute approximate surface area is 128 Å². The van der Waals surface area contributed by atoms with Gasteiger partial charge in [0.25, 0.3) is 0 Å². The third-order valence-corrected chi connectivity index (χ3v) is 5.63. The Bertz CT molecular complexity index is 457. The molecule has 1 aromatic heterocycles. The van der Waals surface area contributed by atoms with Crippen LogP contribution in [-0.4, -0.2) is 11.0 Å². The van der Waals surface area contributed by atoms with Crippen LogP contribution in [0.15, 0.2) is 0 Å². The average Bonchev–Trinajstić information content (AvgIpc) is 2.52. The number of hydrogen-bond acceptors (Lipinski definition) is 3. The molecular formula is C17H30N2S. The summed E-state index contributed by atoms with van der Waals surface area (Å²) >= 11 is 1.84. The molecule has 1 atom stereocenters. The summed E-state index contributed by atoms with van der Waals surface area (Å²) in [6.07, 6.45) is 3.88. The number of hydrogen-bond donors (Lipinski definition) is 1. The van der Waals surface area contributed by atoms with Gasteiger partial charge in [-0.15, -0.1) is 11.3 Å². The summed E-state index contributed by atoms with van der Waals surface area (Å²) in [6, 6.07) is 1.03. The quantitative estimate of drug-likeness (QED) is 0.847. The number of nitrogens with zero attached hydrogens (tertiary/aromatic N) is 1. The molecule has 0 aromatic carbocycles. The van der Waals surface area contributed by atoms with Crippen molar-refractivity contribution in [3.8, 4) is 0 Å².